The number of amides is 1. The van der Waals surface area contributed by atoms with Crippen molar-refractivity contribution >= 4 is 40.5 Å². The zero-order valence-corrected chi connectivity index (χ0v) is 17.1. The first-order valence-electron chi connectivity index (χ1n) is 8.44. The third-order valence-electron chi connectivity index (χ3n) is 4.26. The van der Waals surface area contributed by atoms with E-state index in [1.165, 1.54) is 28.8 Å². The van der Waals surface area contributed by atoms with Crippen LogP contribution in [0.15, 0.2) is 41.2 Å². The molecule has 0 aliphatic heterocycles. The highest BCUT2D eigenvalue weighted by molar-refractivity contribution is 7.07. The number of halogens is 2. The molecule has 8 heteroatoms. The second kappa shape index (κ2) is 8.03. The van der Waals surface area contributed by atoms with Crippen LogP contribution in [0.3, 0.4) is 0 Å². The van der Waals surface area contributed by atoms with E-state index in [1.54, 1.807) is 12.1 Å². The van der Waals surface area contributed by atoms with Crippen LogP contribution in [0, 0.1) is 31.0 Å². The fourth-order valence-electron chi connectivity index (χ4n) is 2.91. The first-order chi connectivity index (χ1) is 13.7. The van der Waals surface area contributed by atoms with E-state index in [2.05, 4.69) is 0 Å². The molecule has 5 nitrogen and oxygen atoms in total. The predicted molar refractivity (Wildman–Crippen MR) is 112 cm³/mol. The Labute approximate surface area is 174 Å². The van der Waals surface area contributed by atoms with Gasteiger partial charge in [0.2, 0.25) is 0 Å². The van der Waals surface area contributed by atoms with E-state index in [1.807, 2.05) is 26.0 Å². The zero-order valence-electron chi connectivity index (χ0n) is 15.5. The minimum Gasteiger partial charge on any atom is -0.365 e. The van der Waals surface area contributed by atoms with Gasteiger partial charge in [-0.2, -0.15) is 5.26 Å². The predicted octanol–water partition coefficient (Wildman–Crippen LogP) is 2.30. The smallest absolute Gasteiger partial charge is 0.273 e. The number of benzene rings is 2. The van der Waals surface area contributed by atoms with E-state index in [9.17, 15) is 19.2 Å². The van der Waals surface area contributed by atoms with Gasteiger partial charge in [0.25, 0.3) is 11.5 Å². The van der Waals surface area contributed by atoms with Crippen molar-refractivity contribution in [3.05, 3.63) is 83.5 Å². The number of nitriles is 1. The average molecular weight is 428 g/mol. The minimum absolute atomic E-state index is 0.0458. The summed E-state index contributed by atoms with van der Waals surface area (Å²) >= 11 is 6.95. The molecule has 0 spiro atoms. The molecule has 0 aliphatic rings. The maximum absolute atomic E-state index is 14.2. The summed E-state index contributed by atoms with van der Waals surface area (Å²) in [5.41, 5.74) is 6.79. The number of hydrogen-bond donors (Lipinski definition) is 1. The van der Waals surface area contributed by atoms with Gasteiger partial charge >= 0.3 is 0 Å². The lowest BCUT2D eigenvalue weighted by Crippen LogP contribution is -2.33. The van der Waals surface area contributed by atoms with Crippen molar-refractivity contribution in [2.75, 3.05) is 0 Å². The molecule has 3 aromatic rings. The van der Waals surface area contributed by atoms with Crippen molar-refractivity contribution in [1.82, 2.24) is 4.57 Å². The molecule has 1 heterocycles. The van der Waals surface area contributed by atoms with Gasteiger partial charge in [-0.3, -0.25) is 14.2 Å². The Hall–Kier alpha value is -3.21. The summed E-state index contributed by atoms with van der Waals surface area (Å²) < 4.78 is 15.7. The quantitative estimate of drug-likeness (QED) is 0.695. The molecule has 0 bridgehead atoms. The van der Waals surface area contributed by atoms with Gasteiger partial charge in [0.05, 0.1) is 15.2 Å². The van der Waals surface area contributed by atoms with E-state index in [0.717, 1.165) is 22.5 Å². The molecule has 0 saturated carbocycles. The number of nitrogens with two attached hydrogens (primary N) is 1. The van der Waals surface area contributed by atoms with Crippen molar-refractivity contribution in [2.45, 2.75) is 13.8 Å². The lowest BCUT2D eigenvalue weighted by Gasteiger charge is -2.08. The Balaban J connectivity index is 2.50. The van der Waals surface area contributed by atoms with Crippen LogP contribution in [0.5, 0.6) is 0 Å². The molecule has 1 aromatic heterocycles. The number of thiazole rings is 1. The molecule has 146 valence electrons. The van der Waals surface area contributed by atoms with Gasteiger partial charge in [-0.05, 0) is 43.7 Å². The summed E-state index contributed by atoms with van der Waals surface area (Å²) in [5.74, 6) is -1.55. The fourth-order valence-corrected chi connectivity index (χ4v) is 4.22. The third-order valence-corrected chi connectivity index (χ3v) is 5.69. The number of aryl methyl sites for hydroxylation is 2. The Bertz CT molecular complexity index is 1350. The molecular formula is C21H15ClFN3O2S. The van der Waals surface area contributed by atoms with Crippen LogP contribution < -0.4 is 20.5 Å². The van der Waals surface area contributed by atoms with Crippen LogP contribution in [-0.2, 0) is 4.79 Å². The SMILES string of the molecule is Cc1ccc(-n2c(=O)/c(=C/c3c(F)cccc3Cl)s/c2=C(/C#N)C(N)=O)c(C)c1. The number of rotatable bonds is 3. The Morgan fingerprint density at radius 2 is 2.03 bits per heavy atom. The molecule has 1 amide bonds. The van der Waals surface area contributed by atoms with Crippen molar-refractivity contribution in [3.63, 3.8) is 0 Å². The second-order valence-electron chi connectivity index (χ2n) is 6.33. The first kappa shape index (κ1) is 20.5. The fraction of sp³-hybridized carbons (Fsp3) is 0.0952. The van der Waals surface area contributed by atoms with Gasteiger partial charge in [0.15, 0.2) is 5.57 Å². The molecular weight excluding hydrogens is 413 g/mol. The Kier molecular flexibility index (Phi) is 5.69. The lowest BCUT2D eigenvalue weighted by atomic mass is 10.1. The molecule has 0 aliphatic carbocycles. The number of carbonyl (C=O) groups excluding carboxylic acids is 1. The second-order valence-corrected chi connectivity index (χ2v) is 7.77. The van der Waals surface area contributed by atoms with Crippen molar-refractivity contribution in [3.8, 4) is 11.8 Å². The van der Waals surface area contributed by atoms with Crippen LogP contribution >= 0.6 is 22.9 Å². The van der Waals surface area contributed by atoms with Gasteiger partial charge < -0.3 is 5.73 Å². The lowest BCUT2D eigenvalue weighted by molar-refractivity contribution is -0.112. The largest absolute Gasteiger partial charge is 0.365 e. The highest BCUT2D eigenvalue weighted by atomic mass is 35.5. The summed E-state index contributed by atoms with van der Waals surface area (Å²) in [4.78, 5) is 25.0. The number of hydrogen-bond acceptors (Lipinski definition) is 4. The van der Waals surface area contributed by atoms with E-state index in [-0.39, 0.29) is 25.4 Å². The summed E-state index contributed by atoms with van der Waals surface area (Å²) in [7, 11) is 0. The van der Waals surface area contributed by atoms with Crippen LogP contribution in [0.1, 0.15) is 16.7 Å². The standard InChI is InChI=1S/C21H15ClFN3O2S/c1-11-6-7-17(12(2)8-11)26-20(28)18(29-21(26)14(10-24)19(25)27)9-13-15(22)4-3-5-16(13)23/h3-9H,1-2H3,(H2,25,27)/b18-9-,21-14-. The van der Waals surface area contributed by atoms with Crippen LogP contribution in [0.2, 0.25) is 5.02 Å². The molecule has 3 rings (SSSR count). The van der Waals surface area contributed by atoms with E-state index in [4.69, 9.17) is 17.3 Å². The molecule has 0 radical (unpaired) electrons. The zero-order chi connectivity index (χ0) is 21.3. The topological polar surface area (TPSA) is 88.9 Å². The molecule has 0 unspecified atom stereocenters. The highest BCUT2D eigenvalue weighted by Gasteiger charge is 2.16. The number of carbonyl (C=O) groups is 1. The van der Waals surface area contributed by atoms with E-state index in [0.29, 0.717) is 5.69 Å². The third kappa shape index (κ3) is 3.86. The number of primary amides is 1. The molecule has 0 saturated heterocycles. The normalized spacial score (nSPS) is 12.6. The van der Waals surface area contributed by atoms with Crippen molar-refractivity contribution in [2.24, 2.45) is 5.73 Å². The van der Waals surface area contributed by atoms with Crippen LogP contribution in [-0.4, -0.2) is 10.5 Å². The minimum atomic E-state index is -0.956. The monoisotopic (exact) mass is 427 g/mol. The first-order valence-corrected chi connectivity index (χ1v) is 9.63. The van der Waals surface area contributed by atoms with E-state index >= 15 is 0 Å². The van der Waals surface area contributed by atoms with Gasteiger partial charge in [-0.25, -0.2) is 4.39 Å². The molecule has 2 N–H and O–H groups in total. The van der Waals surface area contributed by atoms with Crippen molar-refractivity contribution < 1.29 is 9.18 Å². The summed E-state index contributed by atoms with van der Waals surface area (Å²) in [6, 6.07) is 11.4. The van der Waals surface area contributed by atoms with Crippen LogP contribution in [0.25, 0.3) is 17.3 Å². The molecule has 2 aromatic carbocycles. The number of nitrogens with zero attached hydrogens (tertiary/aromatic N) is 2. The van der Waals surface area contributed by atoms with E-state index < -0.39 is 17.3 Å². The summed E-state index contributed by atoms with van der Waals surface area (Å²) in [6.07, 6.45) is 1.31. The van der Waals surface area contributed by atoms with Crippen LogP contribution in [0.4, 0.5) is 4.39 Å². The molecule has 29 heavy (non-hydrogen) atoms. The highest BCUT2D eigenvalue weighted by Crippen LogP contribution is 2.19. The maximum atomic E-state index is 14.2. The summed E-state index contributed by atoms with van der Waals surface area (Å²) in [6.45, 7) is 3.72. The average Bonchev–Trinajstić information content (AvgIpc) is 2.95. The van der Waals surface area contributed by atoms with Gasteiger partial charge in [-0.1, -0.05) is 35.4 Å². The van der Waals surface area contributed by atoms with Gasteiger partial charge in [0.1, 0.15) is 16.5 Å². The van der Waals surface area contributed by atoms with Crippen molar-refractivity contribution in [1.29, 1.82) is 5.26 Å². The number of aromatic nitrogens is 1. The molecule has 0 atom stereocenters. The summed E-state index contributed by atoms with van der Waals surface area (Å²) in [5, 5.41) is 9.56. The Morgan fingerprint density at radius 3 is 2.62 bits per heavy atom. The van der Waals surface area contributed by atoms with Gasteiger partial charge in [0, 0.05) is 5.56 Å². The Morgan fingerprint density at radius 1 is 1.31 bits per heavy atom. The maximum Gasteiger partial charge on any atom is 0.273 e. The molecule has 0 fully saturated rings. The van der Waals surface area contributed by atoms with Gasteiger partial charge in [-0.15, -0.1) is 11.3 Å².